The Labute approximate surface area is 108 Å². The van der Waals surface area contributed by atoms with Gasteiger partial charge in [0.2, 0.25) is 0 Å². The van der Waals surface area contributed by atoms with Crippen LogP contribution in [0.15, 0.2) is 6.20 Å². The Morgan fingerprint density at radius 1 is 1.44 bits per heavy atom. The fraction of sp³-hybridized carbons (Fsp3) is 0.615. The molecule has 98 valence electrons. The van der Waals surface area contributed by atoms with Crippen LogP contribution in [-0.4, -0.2) is 41.4 Å². The van der Waals surface area contributed by atoms with Crippen molar-refractivity contribution in [2.45, 2.75) is 32.2 Å². The number of nitrogens with zero attached hydrogens (tertiary/aromatic N) is 3. The van der Waals surface area contributed by atoms with Gasteiger partial charge in [0.25, 0.3) is 5.91 Å². The van der Waals surface area contributed by atoms with E-state index in [4.69, 9.17) is 0 Å². The molecule has 1 aliphatic rings. The lowest BCUT2D eigenvalue weighted by molar-refractivity contribution is 0.0826. The molecule has 1 aliphatic heterocycles. The van der Waals surface area contributed by atoms with Crippen molar-refractivity contribution in [3.8, 4) is 0 Å². The third kappa shape index (κ3) is 2.67. The molecule has 1 aromatic heterocycles. The molecule has 1 aromatic rings. The quantitative estimate of drug-likeness (QED) is 0.857. The molecule has 0 aliphatic carbocycles. The van der Waals surface area contributed by atoms with Gasteiger partial charge in [-0.15, -0.1) is 0 Å². The van der Waals surface area contributed by atoms with Crippen LogP contribution in [0.25, 0.3) is 0 Å². The summed E-state index contributed by atoms with van der Waals surface area (Å²) in [5.74, 6) is 0.762. The Hall–Kier alpha value is -1.49. The predicted molar refractivity (Wildman–Crippen MR) is 69.4 cm³/mol. The summed E-state index contributed by atoms with van der Waals surface area (Å²) in [5, 5.41) is 3.41. The molecule has 0 unspecified atom stereocenters. The first kappa shape index (κ1) is 13.0. The van der Waals surface area contributed by atoms with Gasteiger partial charge in [0.05, 0.1) is 17.3 Å². The Morgan fingerprint density at radius 3 is 2.78 bits per heavy atom. The molecule has 1 atom stereocenters. The molecule has 0 aromatic carbocycles. The maximum atomic E-state index is 11.9. The molecule has 18 heavy (non-hydrogen) atoms. The first-order chi connectivity index (χ1) is 8.59. The molecule has 0 spiro atoms. The predicted octanol–water partition coefficient (Wildman–Crippen LogP) is 1.30. The van der Waals surface area contributed by atoms with E-state index in [1.165, 1.54) is 12.8 Å². The summed E-state index contributed by atoms with van der Waals surface area (Å²) in [7, 11) is 3.47. The molecule has 5 nitrogen and oxygen atoms in total. The van der Waals surface area contributed by atoms with E-state index in [0.29, 0.717) is 5.56 Å². The summed E-state index contributed by atoms with van der Waals surface area (Å²) >= 11 is 0. The minimum absolute atomic E-state index is 0.0457. The molecule has 0 radical (unpaired) electrons. The molecule has 1 amide bonds. The van der Waals surface area contributed by atoms with Gasteiger partial charge in [0, 0.05) is 20.3 Å². The standard InChI is InChI=1S/C13H20N4O/c1-9-10(13(18)17(2)3)8-15-12(16-9)11-6-4-5-7-14-11/h8,11,14H,4-7H2,1-3H3/t11-/m1/s1. The Balaban J connectivity index is 2.21. The van der Waals surface area contributed by atoms with Crippen LogP contribution in [0.5, 0.6) is 0 Å². The maximum Gasteiger partial charge on any atom is 0.256 e. The number of nitrogens with one attached hydrogen (secondary N) is 1. The van der Waals surface area contributed by atoms with Crippen molar-refractivity contribution in [2.24, 2.45) is 0 Å². The highest BCUT2D eigenvalue weighted by Gasteiger charge is 2.20. The molecule has 1 N–H and O–H groups in total. The lowest BCUT2D eigenvalue weighted by Gasteiger charge is -2.22. The van der Waals surface area contributed by atoms with Gasteiger partial charge >= 0.3 is 0 Å². The van der Waals surface area contributed by atoms with Crippen LogP contribution in [0, 0.1) is 6.92 Å². The number of carbonyl (C=O) groups excluding carboxylic acids is 1. The second-order valence-corrected chi connectivity index (χ2v) is 4.93. The van der Waals surface area contributed by atoms with Gasteiger partial charge in [-0.05, 0) is 26.3 Å². The van der Waals surface area contributed by atoms with Crippen LogP contribution >= 0.6 is 0 Å². The van der Waals surface area contributed by atoms with Crippen LogP contribution in [0.3, 0.4) is 0 Å². The summed E-state index contributed by atoms with van der Waals surface area (Å²) in [6, 6.07) is 0.237. The summed E-state index contributed by atoms with van der Waals surface area (Å²) < 4.78 is 0. The minimum Gasteiger partial charge on any atom is -0.345 e. The molecule has 2 rings (SSSR count). The first-order valence-electron chi connectivity index (χ1n) is 6.38. The maximum absolute atomic E-state index is 11.9. The van der Waals surface area contributed by atoms with E-state index < -0.39 is 0 Å². The number of carbonyl (C=O) groups is 1. The van der Waals surface area contributed by atoms with E-state index in [0.717, 1.165) is 24.5 Å². The van der Waals surface area contributed by atoms with Crippen LogP contribution in [-0.2, 0) is 0 Å². The molecule has 2 heterocycles. The number of aryl methyl sites for hydroxylation is 1. The Kier molecular flexibility index (Phi) is 3.91. The fourth-order valence-electron chi connectivity index (χ4n) is 2.18. The third-order valence-corrected chi connectivity index (χ3v) is 3.26. The van der Waals surface area contributed by atoms with E-state index >= 15 is 0 Å². The van der Waals surface area contributed by atoms with E-state index in [9.17, 15) is 4.79 Å². The van der Waals surface area contributed by atoms with Crippen LogP contribution in [0.1, 0.15) is 47.2 Å². The monoisotopic (exact) mass is 248 g/mol. The smallest absolute Gasteiger partial charge is 0.256 e. The number of rotatable bonds is 2. The highest BCUT2D eigenvalue weighted by atomic mass is 16.2. The average molecular weight is 248 g/mol. The van der Waals surface area contributed by atoms with Gasteiger partial charge in [-0.3, -0.25) is 4.79 Å². The van der Waals surface area contributed by atoms with Crippen LogP contribution < -0.4 is 5.32 Å². The van der Waals surface area contributed by atoms with Crippen molar-refractivity contribution in [1.82, 2.24) is 20.2 Å². The largest absolute Gasteiger partial charge is 0.345 e. The number of aromatic nitrogens is 2. The SMILES string of the molecule is Cc1nc([C@H]2CCCCN2)ncc1C(=O)N(C)C. The van der Waals surface area contributed by atoms with Gasteiger partial charge in [-0.25, -0.2) is 9.97 Å². The zero-order valence-corrected chi connectivity index (χ0v) is 11.2. The van der Waals surface area contributed by atoms with Gasteiger partial charge in [-0.1, -0.05) is 6.42 Å². The van der Waals surface area contributed by atoms with Gasteiger partial charge < -0.3 is 10.2 Å². The number of hydrogen-bond donors (Lipinski definition) is 1. The molecule has 0 saturated carbocycles. The van der Waals surface area contributed by atoms with Crippen molar-refractivity contribution in [1.29, 1.82) is 0 Å². The minimum atomic E-state index is -0.0457. The van der Waals surface area contributed by atoms with Crippen molar-refractivity contribution in [3.05, 3.63) is 23.3 Å². The lowest BCUT2D eigenvalue weighted by atomic mass is 10.0. The van der Waals surface area contributed by atoms with Gasteiger partial charge in [-0.2, -0.15) is 0 Å². The second-order valence-electron chi connectivity index (χ2n) is 4.93. The van der Waals surface area contributed by atoms with E-state index in [2.05, 4.69) is 15.3 Å². The molecule has 1 fully saturated rings. The van der Waals surface area contributed by atoms with Crippen molar-refractivity contribution in [3.63, 3.8) is 0 Å². The van der Waals surface area contributed by atoms with Crippen molar-refractivity contribution >= 4 is 5.91 Å². The normalized spacial score (nSPS) is 19.6. The molecule has 5 heteroatoms. The van der Waals surface area contributed by atoms with Gasteiger partial charge in [0.15, 0.2) is 0 Å². The average Bonchev–Trinajstić information content (AvgIpc) is 2.38. The molecular weight excluding hydrogens is 228 g/mol. The van der Waals surface area contributed by atoms with E-state index in [-0.39, 0.29) is 11.9 Å². The summed E-state index contributed by atoms with van der Waals surface area (Å²) in [5.41, 5.74) is 1.34. The summed E-state index contributed by atoms with van der Waals surface area (Å²) in [6.07, 6.45) is 5.14. The highest BCUT2D eigenvalue weighted by molar-refractivity contribution is 5.94. The first-order valence-corrected chi connectivity index (χ1v) is 6.38. The van der Waals surface area contributed by atoms with Crippen molar-refractivity contribution < 1.29 is 4.79 Å². The molecule has 1 saturated heterocycles. The van der Waals surface area contributed by atoms with Crippen LogP contribution in [0.2, 0.25) is 0 Å². The number of piperidine rings is 1. The zero-order chi connectivity index (χ0) is 13.1. The summed E-state index contributed by atoms with van der Waals surface area (Å²) in [6.45, 7) is 2.89. The van der Waals surface area contributed by atoms with E-state index in [1.54, 1.807) is 25.2 Å². The Bertz CT molecular complexity index is 439. The topological polar surface area (TPSA) is 58.1 Å². The second kappa shape index (κ2) is 5.44. The number of hydrogen-bond acceptors (Lipinski definition) is 4. The highest BCUT2D eigenvalue weighted by Crippen LogP contribution is 2.20. The number of amides is 1. The van der Waals surface area contributed by atoms with Crippen LogP contribution in [0.4, 0.5) is 0 Å². The zero-order valence-electron chi connectivity index (χ0n) is 11.2. The summed E-state index contributed by atoms with van der Waals surface area (Å²) in [4.78, 5) is 22.3. The van der Waals surface area contributed by atoms with Gasteiger partial charge in [0.1, 0.15) is 5.82 Å². The fourth-order valence-corrected chi connectivity index (χ4v) is 2.18. The third-order valence-electron chi connectivity index (χ3n) is 3.26. The van der Waals surface area contributed by atoms with E-state index in [1.807, 2.05) is 6.92 Å². The van der Waals surface area contributed by atoms with Crippen molar-refractivity contribution in [2.75, 3.05) is 20.6 Å². The lowest BCUT2D eigenvalue weighted by Crippen LogP contribution is -2.29. The molecular formula is C13H20N4O. The Morgan fingerprint density at radius 2 is 2.22 bits per heavy atom. The molecule has 0 bridgehead atoms.